The van der Waals surface area contributed by atoms with Gasteiger partial charge in [-0.05, 0) is 13.3 Å². The molecule has 142 valence electrons. The van der Waals surface area contributed by atoms with Gasteiger partial charge in [0.25, 0.3) is 17.3 Å². The first kappa shape index (κ1) is 19.9. The molecule has 0 aliphatic heterocycles. The molecule has 0 saturated heterocycles. The highest BCUT2D eigenvalue weighted by atomic mass is 32.1. The Bertz CT molecular complexity index is 893. The van der Waals surface area contributed by atoms with Gasteiger partial charge in [-0.1, -0.05) is 18.3 Å². The van der Waals surface area contributed by atoms with E-state index in [2.05, 4.69) is 10.3 Å². The maximum absolute atomic E-state index is 12.4. The van der Waals surface area contributed by atoms with Crippen molar-refractivity contribution < 1.29 is 24.2 Å². The van der Waals surface area contributed by atoms with Crippen molar-refractivity contribution in [2.24, 2.45) is 0 Å². The van der Waals surface area contributed by atoms with Crippen molar-refractivity contribution in [2.75, 3.05) is 11.9 Å². The lowest BCUT2D eigenvalue weighted by molar-refractivity contribution is -0.394. The number of nitrogens with one attached hydrogen (secondary N) is 1. The van der Waals surface area contributed by atoms with Crippen molar-refractivity contribution in [1.82, 2.24) is 4.98 Å². The number of hydrogen-bond donors (Lipinski definition) is 1. The third-order valence-electron chi connectivity index (χ3n) is 3.30. The van der Waals surface area contributed by atoms with Crippen LogP contribution in [0.5, 0.6) is 0 Å². The van der Waals surface area contributed by atoms with Crippen LogP contribution >= 0.6 is 11.3 Å². The summed E-state index contributed by atoms with van der Waals surface area (Å²) in [6.07, 6.45) is 0.419. The number of rotatable bonds is 7. The smallest absolute Gasteiger partial charge is 0.350 e. The number of carbonyl (C=O) groups excluding carboxylic acids is 2. The van der Waals surface area contributed by atoms with Crippen molar-refractivity contribution >= 4 is 39.7 Å². The van der Waals surface area contributed by atoms with Crippen LogP contribution < -0.4 is 5.32 Å². The fourth-order valence-electron chi connectivity index (χ4n) is 2.11. The second-order valence-electron chi connectivity index (χ2n) is 5.08. The van der Waals surface area contributed by atoms with Crippen LogP contribution in [0.25, 0.3) is 0 Å². The van der Waals surface area contributed by atoms with E-state index < -0.39 is 33.1 Å². The Balaban J connectivity index is 2.33. The highest BCUT2D eigenvalue weighted by molar-refractivity contribution is 7.17. The lowest BCUT2D eigenvalue weighted by Gasteiger charge is -2.02. The number of nitro groups is 2. The van der Waals surface area contributed by atoms with Gasteiger partial charge in [0.2, 0.25) is 0 Å². The standard InChI is InChI=1S/C15H14N4O7S/c1-3-11-12(14(21)26-4-2)27-15(16-11)17-13(20)8-5-9(18(22)23)7-10(6-8)19(24)25/h5-7H,3-4H2,1-2H3,(H,16,17,20). The van der Waals surface area contributed by atoms with Crippen LogP contribution in [0.3, 0.4) is 0 Å². The van der Waals surface area contributed by atoms with Crippen molar-refractivity contribution in [2.45, 2.75) is 20.3 Å². The van der Waals surface area contributed by atoms with Gasteiger partial charge in [-0.15, -0.1) is 0 Å². The fraction of sp³-hybridized carbons (Fsp3) is 0.267. The molecule has 1 heterocycles. The Morgan fingerprint density at radius 3 is 2.22 bits per heavy atom. The molecule has 11 nitrogen and oxygen atoms in total. The summed E-state index contributed by atoms with van der Waals surface area (Å²) in [4.78, 5) is 48.8. The van der Waals surface area contributed by atoms with Gasteiger partial charge in [-0.2, -0.15) is 0 Å². The predicted molar refractivity (Wildman–Crippen MR) is 95.2 cm³/mol. The number of thiazole rings is 1. The second-order valence-corrected chi connectivity index (χ2v) is 6.07. The number of carbonyl (C=O) groups is 2. The van der Waals surface area contributed by atoms with Crippen molar-refractivity contribution in [3.8, 4) is 0 Å². The van der Waals surface area contributed by atoms with E-state index in [1.165, 1.54) is 0 Å². The highest BCUT2D eigenvalue weighted by Gasteiger charge is 2.22. The Morgan fingerprint density at radius 2 is 1.74 bits per heavy atom. The first-order chi connectivity index (χ1) is 12.8. The van der Waals surface area contributed by atoms with Crippen LogP contribution in [-0.2, 0) is 11.2 Å². The molecule has 0 aliphatic carbocycles. The van der Waals surface area contributed by atoms with Crippen LogP contribution in [0.2, 0.25) is 0 Å². The van der Waals surface area contributed by atoms with Gasteiger partial charge in [0, 0.05) is 12.1 Å². The SMILES string of the molecule is CCOC(=O)c1sc(NC(=O)c2cc([N+](=O)[O-])cc([N+](=O)[O-])c2)nc1CC. The summed E-state index contributed by atoms with van der Waals surface area (Å²) in [6, 6.07) is 2.60. The van der Waals surface area contributed by atoms with Gasteiger partial charge in [0.1, 0.15) is 4.88 Å². The summed E-state index contributed by atoms with van der Waals surface area (Å²) >= 11 is 0.891. The fourth-order valence-corrected chi connectivity index (χ4v) is 3.05. The van der Waals surface area contributed by atoms with E-state index in [4.69, 9.17) is 4.74 Å². The molecule has 0 unspecified atom stereocenters. The molecule has 0 spiro atoms. The second kappa shape index (κ2) is 8.31. The summed E-state index contributed by atoms with van der Waals surface area (Å²) in [6.45, 7) is 3.61. The number of anilines is 1. The lowest BCUT2D eigenvalue weighted by atomic mass is 10.1. The molecule has 1 N–H and O–H groups in total. The minimum absolute atomic E-state index is 0.0778. The van der Waals surface area contributed by atoms with Gasteiger partial charge in [-0.3, -0.25) is 30.3 Å². The van der Waals surface area contributed by atoms with E-state index in [0.29, 0.717) is 12.1 Å². The molecule has 0 fully saturated rings. The number of aromatic nitrogens is 1. The zero-order valence-electron chi connectivity index (χ0n) is 14.3. The van der Waals surface area contributed by atoms with Crippen LogP contribution in [0.4, 0.5) is 16.5 Å². The third kappa shape index (κ3) is 4.61. The quantitative estimate of drug-likeness (QED) is 0.427. The summed E-state index contributed by atoms with van der Waals surface area (Å²) in [5.74, 6) is -1.40. The minimum atomic E-state index is -0.832. The molecule has 0 saturated carbocycles. The van der Waals surface area contributed by atoms with Gasteiger partial charge in [0.15, 0.2) is 5.13 Å². The Morgan fingerprint density at radius 1 is 1.15 bits per heavy atom. The molecule has 27 heavy (non-hydrogen) atoms. The van der Waals surface area contributed by atoms with E-state index in [1.807, 2.05) is 0 Å². The average molecular weight is 394 g/mol. The van der Waals surface area contributed by atoms with Crippen molar-refractivity contribution in [3.05, 3.63) is 54.6 Å². The average Bonchev–Trinajstić information content (AvgIpc) is 3.04. The molecular weight excluding hydrogens is 380 g/mol. The predicted octanol–water partition coefficient (Wildman–Crippen LogP) is 2.95. The van der Waals surface area contributed by atoms with E-state index in [1.54, 1.807) is 13.8 Å². The number of nitro benzene ring substituents is 2. The van der Waals surface area contributed by atoms with Gasteiger partial charge >= 0.3 is 5.97 Å². The van der Waals surface area contributed by atoms with Gasteiger partial charge < -0.3 is 4.74 Å². The Labute approximate surface area is 156 Å². The monoisotopic (exact) mass is 394 g/mol. The number of esters is 1. The molecule has 0 atom stereocenters. The zero-order valence-corrected chi connectivity index (χ0v) is 15.1. The summed E-state index contributed by atoms with van der Waals surface area (Å²) in [7, 11) is 0. The maximum Gasteiger partial charge on any atom is 0.350 e. The summed E-state index contributed by atoms with van der Waals surface area (Å²) < 4.78 is 4.93. The highest BCUT2D eigenvalue weighted by Crippen LogP contribution is 2.27. The van der Waals surface area contributed by atoms with E-state index in [9.17, 15) is 29.8 Å². The number of nitrogens with zero attached hydrogens (tertiary/aromatic N) is 3. The number of non-ortho nitro benzene ring substituents is 2. The van der Waals surface area contributed by atoms with Crippen molar-refractivity contribution in [3.63, 3.8) is 0 Å². The van der Waals surface area contributed by atoms with E-state index in [0.717, 1.165) is 29.5 Å². The Kier molecular flexibility index (Phi) is 6.13. The van der Waals surface area contributed by atoms with Crippen LogP contribution in [-0.4, -0.2) is 33.3 Å². The maximum atomic E-state index is 12.4. The molecule has 0 aliphatic rings. The van der Waals surface area contributed by atoms with E-state index >= 15 is 0 Å². The molecule has 0 bridgehead atoms. The molecule has 1 aromatic heterocycles. The first-order valence-corrected chi connectivity index (χ1v) is 8.50. The topological polar surface area (TPSA) is 155 Å². The van der Waals surface area contributed by atoms with Crippen LogP contribution in [0.1, 0.15) is 39.6 Å². The zero-order chi connectivity index (χ0) is 20.1. The van der Waals surface area contributed by atoms with Gasteiger partial charge in [0.05, 0.1) is 33.8 Å². The number of ether oxygens (including phenoxy) is 1. The molecule has 2 rings (SSSR count). The minimum Gasteiger partial charge on any atom is -0.462 e. The lowest BCUT2D eigenvalue weighted by Crippen LogP contribution is -2.12. The van der Waals surface area contributed by atoms with Crippen molar-refractivity contribution in [1.29, 1.82) is 0 Å². The molecular formula is C15H14N4O7S. The number of amides is 1. The van der Waals surface area contributed by atoms with E-state index in [-0.39, 0.29) is 22.2 Å². The van der Waals surface area contributed by atoms with Crippen LogP contribution in [0, 0.1) is 20.2 Å². The number of hydrogen-bond acceptors (Lipinski definition) is 9. The molecule has 1 amide bonds. The summed E-state index contributed by atoms with van der Waals surface area (Å²) in [5.41, 5.74) is -1.02. The number of benzene rings is 1. The largest absolute Gasteiger partial charge is 0.462 e. The molecule has 12 heteroatoms. The molecule has 0 radical (unpaired) electrons. The van der Waals surface area contributed by atoms with Gasteiger partial charge in [-0.25, -0.2) is 9.78 Å². The molecule has 1 aromatic carbocycles. The Hall–Kier alpha value is -3.41. The van der Waals surface area contributed by atoms with Crippen LogP contribution in [0.15, 0.2) is 18.2 Å². The normalized spacial score (nSPS) is 10.3. The number of aryl methyl sites for hydroxylation is 1. The molecule has 2 aromatic rings. The first-order valence-electron chi connectivity index (χ1n) is 7.68. The summed E-state index contributed by atoms with van der Waals surface area (Å²) in [5, 5.41) is 24.3. The third-order valence-corrected chi connectivity index (χ3v) is 4.29.